The van der Waals surface area contributed by atoms with Crippen molar-refractivity contribution in [3.05, 3.63) is 48.5 Å². The van der Waals surface area contributed by atoms with E-state index in [9.17, 15) is 16.8 Å². The lowest BCUT2D eigenvalue weighted by atomic mass is 10.1. The molecule has 0 saturated carbocycles. The van der Waals surface area contributed by atoms with Crippen LogP contribution in [0.3, 0.4) is 0 Å². The summed E-state index contributed by atoms with van der Waals surface area (Å²) in [6.45, 7) is 1.81. The fourth-order valence-electron chi connectivity index (χ4n) is 3.04. The number of sulfone groups is 1. The van der Waals surface area contributed by atoms with Crippen molar-refractivity contribution >= 4 is 31.2 Å². The number of piperidine rings is 1. The van der Waals surface area contributed by atoms with Crippen LogP contribution in [0.2, 0.25) is 0 Å². The molecular formula is C18H22N2O4S2. The first-order chi connectivity index (χ1) is 12.3. The van der Waals surface area contributed by atoms with Gasteiger partial charge < -0.3 is 4.90 Å². The zero-order valence-electron chi connectivity index (χ0n) is 14.6. The van der Waals surface area contributed by atoms with Gasteiger partial charge in [-0.1, -0.05) is 12.1 Å². The van der Waals surface area contributed by atoms with E-state index in [-0.39, 0.29) is 9.79 Å². The second-order valence-electron chi connectivity index (χ2n) is 6.41. The lowest BCUT2D eigenvalue weighted by Gasteiger charge is -2.30. The van der Waals surface area contributed by atoms with Crippen LogP contribution in [0.4, 0.5) is 11.4 Å². The highest BCUT2D eigenvalue weighted by Gasteiger charge is 2.20. The average Bonchev–Trinajstić information content (AvgIpc) is 2.62. The Hall–Kier alpha value is -2.06. The molecule has 1 saturated heterocycles. The first-order valence-electron chi connectivity index (χ1n) is 8.44. The molecule has 1 fully saturated rings. The van der Waals surface area contributed by atoms with Crippen molar-refractivity contribution in [2.45, 2.75) is 29.1 Å². The topological polar surface area (TPSA) is 83.5 Å². The maximum Gasteiger partial charge on any atom is 0.261 e. The molecule has 6 nitrogen and oxygen atoms in total. The molecule has 0 unspecified atom stereocenters. The molecule has 140 valence electrons. The molecule has 0 bridgehead atoms. The molecule has 3 rings (SSSR count). The van der Waals surface area contributed by atoms with Crippen LogP contribution >= 0.6 is 0 Å². The van der Waals surface area contributed by atoms with Crippen molar-refractivity contribution in [2.75, 3.05) is 29.0 Å². The zero-order valence-corrected chi connectivity index (χ0v) is 16.2. The third-order valence-electron chi connectivity index (χ3n) is 4.41. The van der Waals surface area contributed by atoms with Gasteiger partial charge in [-0.2, -0.15) is 0 Å². The van der Waals surface area contributed by atoms with Crippen LogP contribution in [0.5, 0.6) is 0 Å². The van der Waals surface area contributed by atoms with Crippen molar-refractivity contribution in [1.29, 1.82) is 0 Å². The number of rotatable bonds is 5. The van der Waals surface area contributed by atoms with Crippen LogP contribution in [-0.2, 0) is 19.9 Å². The molecule has 8 heteroatoms. The zero-order chi connectivity index (χ0) is 18.8. The van der Waals surface area contributed by atoms with Gasteiger partial charge >= 0.3 is 0 Å². The number of anilines is 2. The Morgan fingerprint density at radius 1 is 0.808 bits per heavy atom. The summed E-state index contributed by atoms with van der Waals surface area (Å²) in [6.07, 6.45) is 4.46. The molecule has 1 aliphatic heterocycles. The summed E-state index contributed by atoms with van der Waals surface area (Å²) < 4.78 is 51.1. The fraction of sp³-hybridized carbons (Fsp3) is 0.333. The largest absolute Gasteiger partial charge is 0.370 e. The van der Waals surface area contributed by atoms with Gasteiger partial charge in [0.05, 0.1) is 21.2 Å². The molecule has 0 aliphatic carbocycles. The van der Waals surface area contributed by atoms with Crippen molar-refractivity contribution in [1.82, 2.24) is 0 Å². The summed E-state index contributed by atoms with van der Waals surface area (Å²) in [5, 5.41) is 0. The lowest BCUT2D eigenvalue weighted by molar-refractivity contribution is 0.578. The highest BCUT2D eigenvalue weighted by atomic mass is 32.2. The lowest BCUT2D eigenvalue weighted by Crippen LogP contribution is -2.30. The van der Waals surface area contributed by atoms with Crippen molar-refractivity contribution in [3.63, 3.8) is 0 Å². The maximum atomic E-state index is 12.7. The third-order valence-corrected chi connectivity index (χ3v) is 6.92. The van der Waals surface area contributed by atoms with Gasteiger partial charge in [0.1, 0.15) is 0 Å². The average molecular weight is 395 g/mol. The molecule has 2 aromatic carbocycles. The van der Waals surface area contributed by atoms with E-state index in [1.807, 2.05) is 12.1 Å². The van der Waals surface area contributed by atoms with E-state index in [0.717, 1.165) is 37.9 Å². The molecular weight excluding hydrogens is 372 g/mol. The van der Waals surface area contributed by atoms with Crippen LogP contribution in [-0.4, -0.2) is 36.2 Å². The normalized spacial score (nSPS) is 15.7. The highest BCUT2D eigenvalue weighted by molar-refractivity contribution is 7.92. The van der Waals surface area contributed by atoms with E-state index >= 15 is 0 Å². The molecule has 0 atom stereocenters. The molecule has 26 heavy (non-hydrogen) atoms. The number of sulfonamides is 1. The second-order valence-corrected chi connectivity index (χ2v) is 10.1. The molecule has 0 spiro atoms. The third kappa shape index (κ3) is 4.19. The summed E-state index contributed by atoms with van der Waals surface area (Å²) >= 11 is 0. The first-order valence-corrected chi connectivity index (χ1v) is 11.8. The molecule has 1 aliphatic rings. The molecule has 1 heterocycles. The Balaban J connectivity index is 1.88. The van der Waals surface area contributed by atoms with Gasteiger partial charge in [-0.15, -0.1) is 0 Å². The van der Waals surface area contributed by atoms with E-state index in [1.54, 1.807) is 12.1 Å². The Labute approximate surface area is 154 Å². The van der Waals surface area contributed by atoms with Crippen LogP contribution in [0, 0.1) is 0 Å². The van der Waals surface area contributed by atoms with E-state index in [4.69, 9.17) is 0 Å². The van der Waals surface area contributed by atoms with Crippen molar-refractivity contribution in [3.8, 4) is 0 Å². The molecule has 0 radical (unpaired) electrons. The number of nitrogens with one attached hydrogen (secondary N) is 1. The SMILES string of the molecule is CS(=O)(=O)c1ccc(S(=O)(=O)Nc2ccccc2N2CCCCC2)cc1. The van der Waals surface area contributed by atoms with E-state index in [0.29, 0.717) is 5.69 Å². The molecule has 0 aromatic heterocycles. The van der Waals surface area contributed by atoms with Crippen LogP contribution in [0.25, 0.3) is 0 Å². The number of para-hydroxylation sites is 2. The maximum absolute atomic E-state index is 12.7. The quantitative estimate of drug-likeness (QED) is 0.843. The van der Waals surface area contributed by atoms with E-state index in [2.05, 4.69) is 9.62 Å². The van der Waals surface area contributed by atoms with Gasteiger partial charge in [0.2, 0.25) is 0 Å². The number of hydrogen-bond acceptors (Lipinski definition) is 5. The summed E-state index contributed by atoms with van der Waals surface area (Å²) in [4.78, 5) is 2.30. The first kappa shape index (κ1) is 18.7. The monoisotopic (exact) mass is 394 g/mol. The molecule has 2 aromatic rings. The van der Waals surface area contributed by atoms with Crippen molar-refractivity contribution < 1.29 is 16.8 Å². The summed E-state index contributed by atoms with van der Waals surface area (Å²) in [7, 11) is -7.18. The highest BCUT2D eigenvalue weighted by Crippen LogP contribution is 2.30. The smallest absolute Gasteiger partial charge is 0.261 e. The minimum atomic E-state index is -3.81. The standard InChI is InChI=1S/C18H22N2O4S2/c1-25(21,22)15-9-11-16(12-10-15)26(23,24)19-17-7-3-4-8-18(17)20-13-5-2-6-14-20/h3-4,7-12,19H,2,5-6,13-14H2,1H3. The Morgan fingerprint density at radius 3 is 2.00 bits per heavy atom. The van der Waals surface area contributed by atoms with Gasteiger partial charge in [-0.25, -0.2) is 16.8 Å². The summed E-state index contributed by atoms with van der Waals surface area (Å²) in [5.41, 5.74) is 1.39. The van der Waals surface area contributed by atoms with E-state index < -0.39 is 19.9 Å². The predicted molar refractivity (Wildman–Crippen MR) is 103 cm³/mol. The number of benzene rings is 2. The minimum Gasteiger partial charge on any atom is -0.370 e. The Morgan fingerprint density at radius 2 is 1.38 bits per heavy atom. The van der Waals surface area contributed by atoms with Gasteiger partial charge in [0, 0.05) is 19.3 Å². The Bertz CT molecular complexity index is 978. The molecule has 0 amide bonds. The van der Waals surface area contributed by atoms with E-state index in [1.165, 1.54) is 30.7 Å². The van der Waals surface area contributed by atoms with Gasteiger partial charge in [-0.05, 0) is 55.7 Å². The van der Waals surface area contributed by atoms with Crippen LogP contribution in [0.1, 0.15) is 19.3 Å². The summed E-state index contributed by atoms with van der Waals surface area (Å²) in [5.74, 6) is 0. The Kier molecular flexibility index (Phi) is 5.24. The second kappa shape index (κ2) is 7.28. The van der Waals surface area contributed by atoms with Gasteiger partial charge in [0.15, 0.2) is 9.84 Å². The fourth-order valence-corrected chi connectivity index (χ4v) is 4.75. The van der Waals surface area contributed by atoms with Gasteiger partial charge in [-0.3, -0.25) is 4.72 Å². The van der Waals surface area contributed by atoms with Crippen molar-refractivity contribution in [2.24, 2.45) is 0 Å². The minimum absolute atomic E-state index is 0.0262. The van der Waals surface area contributed by atoms with Gasteiger partial charge in [0.25, 0.3) is 10.0 Å². The number of nitrogens with zero attached hydrogens (tertiary/aromatic N) is 1. The number of hydrogen-bond donors (Lipinski definition) is 1. The summed E-state index contributed by atoms with van der Waals surface area (Å²) in [6, 6.07) is 12.6. The van der Waals surface area contributed by atoms with Crippen LogP contribution in [0.15, 0.2) is 58.3 Å². The molecule has 1 N–H and O–H groups in total. The van der Waals surface area contributed by atoms with Crippen LogP contribution < -0.4 is 9.62 Å². The predicted octanol–water partition coefficient (Wildman–Crippen LogP) is 2.88.